The average molecular weight is 389 g/mol. The molecule has 0 N–H and O–H groups in total. The van der Waals surface area contributed by atoms with Gasteiger partial charge in [-0.25, -0.2) is 0 Å². The lowest BCUT2D eigenvalue weighted by atomic mass is 10.0. The van der Waals surface area contributed by atoms with E-state index in [0.29, 0.717) is 35.5 Å². The molecule has 0 saturated heterocycles. The van der Waals surface area contributed by atoms with Crippen LogP contribution in [-0.2, 0) is 6.61 Å². The molecule has 2 aromatic carbocycles. The summed E-state index contributed by atoms with van der Waals surface area (Å²) in [6.07, 6.45) is 3.23. The van der Waals surface area contributed by atoms with Crippen LogP contribution in [0, 0.1) is 0 Å². The number of rotatable bonds is 8. The number of ketones is 1. The summed E-state index contributed by atoms with van der Waals surface area (Å²) in [6.45, 7) is 8.95. The van der Waals surface area contributed by atoms with Gasteiger partial charge in [0, 0.05) is 5.56 Å². The third-order valence-corrected chi connectivity index (χ3v) is 4.87. The molecule has 0 aliphatic rings. The zero-order chi connectivity index (χ0) is 20.8. The maximum absolute atomic E-state index is 12.3. The Morgan fingerprint density at radius 1 is 0.862 bits per heavy atom. The van der Waals surface area contributed by atoms with Crippen molar-refractivity contribution in [3.8, 4) is 5.75 Å². The summed E-state index contributed by atoms with van der Waals surface area (Å²) in [5.41, 5.74) is 3.18. The summed E-state index contributed by atoms with van der Waals surface area (Å²) in [7, 11) is 0. The van der Waals surface area contributed by atoms with Crippen LogP contribution in [0.2, 0.25) is 0 Å². The summed E-state index contributed by atoms with van der Waals surface area (Å²) < 4.78 is 11.5. The van der Waals surface area contributed by atoms with E-state index >= 15 is 0 Å². The highest BCUT2D eigenvalue weighted by Crippen LogP contribution is 2.20. The van der Waals surface area contributed by atoms with Crippen molar-refractivity contribution in [3.05, 3.63) is 95.0 Å². The van der Waals surface area contributed by atoms with Gasteiger partial charge in [-0.2, -0.15) is 0 Å². The molecule has 0 aliphatic carbocycles. The third-order valence-electron chi connectivity index (χ3n) is 4.87. The van der Waals surface area contributed by atoms with E-state index in [1.165, 1.54) is 11.1 Å². The van der Waals surface area contributed by atoms with E-state index in [2.05, 4.69) is 39.8 Å². The molecule has 0 fully saturated rings. The van der Waals surface area contributed by atoms with Crippen LogP contribution in [0.15, 0.2) is 71.2 Å². The van der Waals surface area contributed by atoms with Gasteiger partial charge >= 0.3 is 0 Å². The highest BCUT2D eigenvalue weighted by Gasteiger charge is 2.06. The molecule has 3 nitrogen and oxygen atoms in total. The highest BCUT2D eigenvalue weighted by atomic mass is 16.5. The molecule has 3 heteroatoms. The molecular formula is C26H28O3. The first-order valence-corrected chi connectivity index (χ1v) is 10.1. The molecule has 0 atom stereocenters. The number of allylic oxidation sites excluding steroid dienone is 1. The first kappa shape index (κ1) is 20.7. The number of carbonyl (C=O) groups is 1. The number of hydrogen-bond acceptors (Lipinski definition) is 3. The second kappa shape index (κ2) is 9.42. The van der Waals surface area contributed by atoms with E-state index in [1.54, 1.807) is 12.2 Å². The van der Waals surface area contributed by atoms with Crippen LogP contribution >= 0.6 is 0 Å². The lowest BCUT2D eigenvalue weighted by Gasteiger charge is -2.07. The fourth-order valence-corrected chi connectivity index (χ4v) is 2.95. The Labute approximate surface area is 173 Å². The fourth-order valence-electron chi connectivity index (χ4n) is 2.95. The smallest absolute Gasteiger partial charge is 0.185 e. The Morgan fingerprint density at radius 3 is 2.03 bits per heavy atom. The lowest BCUT2D eigenvalue weighted by Crippen LogP contribution is -1.95. The van der Waals surface area contributed by atoms with Crippen LogP contribution in [0.4, 0.5) is 0 Å². The number of ether oxygens (including phenoxy) is 1. The van der Waals surface area contributed by atoms with Gasteiger partial charge in [-0.05, 0) is 59.4 Å². The van der Waals surface area contributed by atoms with E-state index in [4.69, 9.17) is 9.15 Å². The lowest BCUT2D eigenvalue weighted by molar-refractivity contribution is 0.104. The number of hydrogen-bond donors (Lipinski definition) is 0. The van der Waals surface area contributed by atoms with Gasteiger partial charge in [0.05, 0.1) is 0 Å². The van der Waals surface area contributed by atoms with Crippen LogP contribution in [0.5, 0.6) is 5.75 Å². The molecule has 1 aromatic heterocycles. The van der Waals surface area contributed by atoms with Crippen LogP contribution in [0.1, 0.15) is 72.5 Å². The number of furan rings is 1. The fraction of sp³-hybridized carbons (Fsp3) is 0.269. The van der Waals surface area contributed by atoms with E-state index in [-0.39, 0.29) is 5.78 Å². The maximum Gasteiger partial charge on any atom is 0.185 e. The van der Waals surface area contributed by atoms with Crippen molar-refractivity contribution in [1.29, 1.82) is 0 Å². The minimum absolute atomic E-state index is 0.0419. The summed E-state index contributed by atoms with van der Waals surface area (Å²) in [5, 5.41) is 0. The van der Waals surface area contributed by atoms with Crippen LogP contribution in [0.3, 0.4) is 0 Å². The molecule has 3 rings (SSSR count). The number of carbonyl (C=O) groups excluding carboxylic acids is 1. The highest BCUT2D eigenvalue weighted by molar-refractivity contribution is 6.06. The number of benzene rings is 2. The van der Waals surface area contributed by atoms with E-state index in [0.717, 1.165) is 5.75 Å². The zero-order valence-corrected chi connectivity index (χ0v) is 17.5. The first-order valence-electron chi connectivity index (χ1n) is 10.1. The summed E-state index contributed by atoms with van der Waals surface area (Å²) in [4.78, 5) is 12.3. The molecule has 0 bridgehead atoms. The van der Waals surface area contributed by atoms with Crippen molar-refractivity contribution in [3.63, 3.8) is 0 Å². The minimum Gasteiger partial charge on any atom is -0.486 e. The Morgan fingerprint density at radius 2 is 1.45 bits per heavy atom. The zero-order valence-electron chi connectivity index (χ0n) is 17.5. The second-order valence-electron chi connectivity index (χ2n) is 7.79. The van der Waals surface area contributed by atoms with Crippen molar-refractivity contribution in [2.45, 2.75) is 46.1 Å². The largest absolute Gasteiger partial charge is 0.486 e. The maximum atomic E-state index is 12.3. The van der Waals surface area contributed by atoms with Crippen molar-refractivity contribution in [1.82, 2.24) is 0 Å². The summed E-state index contributed by atoms with van der Waals surface area (Å²) >= 11 is 0. The van der Waals surface area contributed by atoms with Gasteiger partial charge in [0.1, 0.15) is 23.9 Å². The monoisotopic (exact) mass is 388 g/mol. The van der Waals surface area contributed by atoms with Crippen LogP contribution in [-0.4, -0.2) is 5.78 Å². The second-order valence-corrected chi connectivity index (χ2v) is 7.79. The van der Waals surface area contributed by atoms with E-state index < -0.39 is 0 Å². The molecule has 0 radical (unpaired) electrons. The molecule has 0 amide bonds. The first-order chi connectivity index (χ1) is 13.9. The molecule has 150 valence electrons. The average Bonchev–Trinajstić information content (AvgIpc) is 3.18. The van der Waals surface area contributed by atoms with E-state index in [9.17, 15) is 4.79 Å². The Kier molecular flexibility index (Phi) is 6.71. The van der Waals surface area contributed by atoms with Gasteiger partial charge < -0.3 is 9.15 Å². The molecule has 0 unspecified atom stereocenters. The molecule has 3 aromatic rings. The van der Waals surface area contributed by atoms with Crippen molar-refractivity contribution in [2.75, 3.05) is 0 Å². The molecule has 0 spiro atoms. The Balaban J connectivity index is 1.55. The van der Waals surface area contributed by atoms with Crippen molar-refractivity contribution in [2.24, 2.45) is 0 Å². The van der Waals surface area contributed by atoms with Crippen LogP contribution < -0.4 is 4.74 Å². The minimum atomic E-state index is -0.0419. The molecule has 1 heterocycles. The molecule has 0 aliphatic heterocycles. The van der Waals surface area contributed by atoms with Gasteiger partial charge in [0.15, 0.2) is 5.78 Å². The predicted octanol–water partition coefficient (Wildman–Crippen LogP) is 7.00. The molecular weight excluding hydrogens is 360 g/mol. The van der Waals surface area contributed by atoms with E-state index in [1.807, 2.05) is 48.5 Å². The molecule has 29 heavy (non-hydrogen) atoms. The normalized spacial score (nSPS) is 11.5. The molecule has 0 saturated carbocycles. The Bertz CT molecular complexity index is 958. The van der Waals surface area contributed by atoms with Gasteiger partial charge in [-0.3, -0.25) is 4.79 Å². The third kappa shape index (κ3) is 5.71. The van der Waals surface area contributed by atoms with Gasteiger partial charge in [0.2, 0.25) is 0 Å². The SMILES string of the molecule is CC(C)c1ccc(OCc2ccc(/C=C/C(=O)c3ccc(C(C)C)cc3)o2)cc1. The summed E-state index contributed by atoms with van der Waals surface area (Å²) in [5.74, 6) is 3.06. The standard InChI is InChI=1S/C26H28O3/c1-18(2)20-5-7-22(8-6-20)26(27)16-15-24-13-14-25(29-24)17-28-23-11-9-21(10-12-23)19(3)4/h5-16,18-19H,17H2,1-4H3/b16-15+. The van der Waals surface area contributed by atoms with Gasteiger partial charge in [-0.15, -0.1) is 0 Å². The van der Waals surface area contributed by atoms with Crippen molar-refractivity contribution >= 4 is 11.9 Å². The topological polar surface area (TPSA) is 39.4 Å². The predicted molar refractivity (Wildman–Crippen MR) is 117 cm³/mol. The van der Waals surface area contributed by atoms with Gasteiger partial charge in [-0.1, -0.05) is 64.1 Å². The Hall–Kier alpha value is -3.07. The summed E-state index contributed by atoms with van der Waals surface area (Å²) in [6, 6.07) is 19.6. The van der Waals surface area contributed by atoms with Gasteiger partial charge in [0.25, 0.3) is 0 Å². The quantitative estimate of drug-likeness (QED) is 0.308. The van der Waals surface area contributed by atoms with Crippen molar-refractivity contribution < 1.29 is 13.9 Å². The van der Waals surface area contributed by atoms with Crippen LogP contribution in [0.25, 0.3) is 6.08 Å².